The van der Waals surface area contributed by atoms with Gasteiger partial charge in [0.25, 0.3) is 11.5 Å². The maximum atomic E-state index is 12.9. The van der Waals surface area contributed by atoms with Crippen molar-refractivity contribution in [1.82, 2.24) is 9.66 Å². The molecule has 1 aromatic heterocycles. The molecule has 1 fully saturated rings. The molecule has 1 amide bonds. The number of fused-ring (bicyclic) bond motifs is 1. The van der Waals surface area contributed by atoms with E-state index in [0.717, 1.165) is 19.3 Å². The number of halogens is 1. The van der Waals surface area contributed by atoms with Crippen molar-refractivity contribution in [1.29, 1.82) is 0 Å². The normalized spacial score (nSPS) is 14.3. The molecule has 4 rings (SSSR count). The molecule has 0 saturated heterocycles. The molecule has 0 aliphatic heterocycles. The van der Waals surface area contributed by atoms with Crippen LogP contribution < -0.4 is 11.0 Å². The first-order chi connectivity index (χ1) is 12.1. The van der Waals surface area contributed by atoms with Gasteiger partial charge in [0.1, 0.15) is 5.82 Å². The summed E-state index contributed by atoms with van der Waals surface area (Å²) in [5.41, 5.74) is 3.49. The average Bonchev–Trinajstić information content (AvgIpc) is 2.57. The van der Waals surface area contributed by atoms with Gasteiger partial charge in [-0.25, -0.2) is 9.66 Å². The highest BCUT2D eigenvalue weighted by molar-refractivity contribution is 6.31. The zero-order chi connectivity index (χ0) is 17.4. The molecule has 6 heteroatoms. The van der Waals surface area contributed by atoms with Crippen molar-refractivity contribution in [2.75, 3.05) is 5.43 Å². The largest absolute Gasteiger partial charge is 0.280 e. The molecule has 2 aromatic carbocycles. The van der Waals surface area contributed by atoms with Gasteiger partial charge < -0.3 is 0 Å². The Morgan fingerprint density at radius 1 is 1.16 bits per heavy atom. The van der Waals surface area contributed by atoms with E-state index in [0.29, 0.717) is 27.3 Å². The number of nitrogens with one attached hydrogen (secondary N) is 1. The predicted molar refractivity (Wildman–Crippen MR) is 97.7 cm³/mol. The number of hydrogen-bond donors (Lipinski definition) is 1. The topological polar surface area (TPSA) is 64.0 Å². The molecule has 0 unspecified atom stereocenters. The van der Waals surface area contributed by atoms with Crippen LogP contribution >= 0.6 is 11.6 Å². The summed E-state index contributed by atoms with van der Waals surface area (Å²) in [6, 6.07) is 13.8. The van der Waals surface area contributed by atoms with Gasteiger partial charge in [0, 0.05) is 16.5 Å². The van der Waals surface area contributed by atoms with Crippen molar-refractivity contribution >= 4 is 28.4 Å². The molecule has 1 aliphatic rings. The van der Waals surface area contributed by atoms with Gasteiger partial charge in [0.05, 0.1) is 10.9 Å². The Labute approximate surface area is 149 Å². The van der Waals surface area contributed by atoms with E-state index in [1.54, 1.807) is 42.5 Å². The zero-order valence-electron chi connectivity index (χ0n) is 13.4. The smallest absolute Gasteiger partial charge is 0.267 e. The van der Waals surface area contributed by atoms with Crippen LogP contribution in [0, 0.1) is 0 Å². The average molecular weight is 354 g/mol. The Balaban J connectivity index is 1.83. The predicted octanol–water partition coefficient (Wildman–Crippen LogP) is 3.70. The van der Waals surface area contributed by atoms with E-state index in [-0.39, 0.29) is 17.4 Å². The molecule has 1 N–H and O–H groups in total. The lowest BCUT2D eigenvalue weighted by atomic mass is 9.84. The highest BCUT2D eigenvalue weighted by Crippen LogP contribution is 2.35. The summed E-state index contributed by atoms with van der Waals surface area (Å²) < 4.78 is 1.30. The fraction of sp³-hybridized carbons (Fsp3) is 0.211. The molecule has 1 aliphatic carbocycles. The Kier molecular flexibility index (Phi) is 4.01. The van der Waals surface area contributed by atoms with Crippen LogP contribution in [0.4, 0.5) is 0 Å². The van der Waals surface area contributed by atoms with Crippen molar-refractivity contribution in [3.63, 3.8) is 0 Å². The third kappa shape index (κ3) is 2.91. The van der Waals surface area contributed by atoms with Gasteiger partial charge in [-0.2, -0.15) is 0 Å². The second kappa shape index (κ2) is 6.33. The van der Waals surface area contributed by atoms with E-state index in [4.69, 9.17) is 11.6 Å². The molecule has 1 heterocycles. The minimum absolute atomic E-state index is 0.173. The van der Waals surface area contributed by atoms with Gasteiger partial charge in [-0.3, -0.25) is 15.0 Å². The first-order valence-corrected chi connectivity index (χ1v) is 8.60. The number of carbonyl (C=O) groups is 1. The van der Waals surface area contributed by atoms with Gasteiger partial charge in [0.15, 0.2) is 0 Å². The Morgan fingerprint density at radius 2 is 1.92 bits per heavy atom. The SMILES string of the molecule is O=C(Nn1c(C2CCC2)nc2cc(Cl)ccc2c1=O)c1ccccc1. The fourth-order valence-corrected chi connectivity index (χ4v) is 3.15. The molecule has 1 saturated carbocycles. The lowest BCUT2D eigenvalue weighted by Crippen LogP contribution is -2.38. The minimum Gasteiger partial charge on any atom is -0.267 e. The summed E-state index contributed by atoms with van der Waals surface area (Å²) in [6.07, 6.45) is 3.01. The highest BCUT2D eigenvalue weighted by Gasteiger charge is 2.26. The van der Waals surface area contributed by atoms with Crippen LogP contribution in [0.25, 0.3) is 10.9 Å². The van der Waals surface area contributed by atoms with Crippen molar-refractivity contribution in [3.05, 3.63) is 75.3 Å². The van der Waals surface area contributed by atoms with Gasteiger partial charge in [-0.15, -0.1) is 0 Å². The second-order valence-electron chi connectivity index (χ2n) is 6.21. The molecule has 0 atom stereocenters. The number of benzene rings is 2. The van der Waals surface area contributed by atoms with Crippen molar-refractivity contribution in [2.45, 2.75) is 25.2 Å². The van der Waals surface area contributed by atoms with Crippen LogP contribution in [0.3, 0.4) is 0 Å². The van der Waals surface area contributed by atoms with Crippen molar-refractivity contribution in [3.8, 4) is 0 Å². The summed E-state index contributed by atoms with van der Waals surface area (Å²) in [5.74, 6) is 0.431. The van der Waals surface area contributed by atoms with Gasteiger partial charge in [-0.1, -0.05) is 36.2 Å². The zero-order valence-corrected chi connectivity index (χ0v) is 14.2. The summed E-state index contributed by atoms with van der Waals surface area (Å²) in [7, 11) is 0. The van der Waals surface area contributed by atoms with E-state index in [9.17, 15) is 9.59 Å². The number of nitrogens with zero attached hydrogens (tertiary/aromatic N) is 2. The number of rotatable bonds is 3. The van der Waals surface area contributed by atoms with Crippen LogP contribution in [0.5, 0.6) is 0 Å². The van der Waals surface area contributed by atoms with Crippen LogP contribution in [-0.2, 0) is 0 Å². The Morgan fingerprint density at radius 3 is 2.60 bits per heavy atom. The van der Waals surface area contributed by atoms with E-state index >= 15 is 0 Å². The van der Waals surface area contributed by atoms with Gasteiger partial charge in [-0.05, 0) is 43.2 Å². The van der Waals surface area contributed by atoms with E-state index in [2.05, 4.69) is 10.4 Å². The van der Waals surface area contributed by atoms with Gasteiger partial charge in [0.2, 0.25) is 0 Å². The highest BCUT2D eigenvalue weighted by atomic mass is 35.5. The molecule has 3 aromatic rings. The van der Waals surface area contributed by atoms with Gasteiger partial charge >= 0.3 is 0 Å². The lowest BCUT2D eigenvalue weighted by Gasteiger charge is -2.27. The number of aromatic nitrogens is 2. The molecular formula is C19H16ClN3O2. The van der Waals surface area contributed by atoms with Crippen LogP contribution in [0.1, 0.15) is 41.4 Å². The van der Waals surface area contributed by atoms with Crippen LogP contribution in [-0.4, -0.2) is 15.6 Å². The second-order valence-corrected chi connectivity index (χ2v) is 6.64. The molecular weight excluding hydrogens is 338 g/mol. The summed E-state index contributed by atoms with van der Waals surface area (Å²) in [4.78, 5) is 30.1. The molecule has 0 radical (unpaired) electrons. The summed E-state index contributed by atoms with van der Waals surface area (Å²) in [5, 5.41) is 0.964. The lowest BCUT2D eigenvalue weighted by molar-refractivity contribution is 0.100. The number of hydrogen-bond acceptors (Lipinski definition) is 3. The Bertz CT molecular complexity index is 1010. The van der Waals surface area contributed by atoms with Crippen molar-refractivity contribution < 1.29 is 4.79 Å². The molecule has 0 bridgehead atoms. The van der Waals surface area contributed by atoms with Crippen LogP contribution in [0.2, 0.25) is 5.02 Å². The molecule has 25 heavy (non-hydrogen) atoms. The monoisotopic (exact) mass is 353 g/mol. The first-order valence-electron chi connectivity index (χ1n) is 8.22. The Hall–Kier alpha value is -2.66. The molecule has 0 spiro atoms. The first kappa shape index (κ1) is 15.8. The third-order valence-electron chi connectivity index (χ3n) is 4.58. The maximum Gasteiger partial charge on any atom is 0.280 e. The standard InChI is InChI=1S/C19H16ClN3O2/c20-14-9-10-15-16(11-14)21-17(12-7-4-8-12)23(19(15)25)22-18(24)13-5-2-1-3-6-13/h1-3,5-6,9-12H,4,7-8H2,(H,22,24). The molecule has 126 valence electrons. The minimum atomic E-state index is -0.335. The summed E-state index contributed by atoms with van der Waals surface area (Å²) in [6.45, 7) is 0. The summed E-state index contributed by atoms with van der Waals surface area (Å²) >= 11 is 6.04. The van der Waals surface area contributed by atoms with E-state index < -0.39 is 0 Å². The molecule has 5 nitrogen and oxygen atoms in total. The van der Waals surface area contributed by atoms with E-state index in [1.807, 2.05) is 6.07 Å². The van der Waals surface area contributed by atoms with Crippen molar-refractivity contribution in [2.24, 2.45) is 0 Å². The van der Waals surface area contributed by atoms with Crippen LogP contribution in [0.15, 0.2) is 53.3 Å². The number of amides is 1. The maximum absolute atomic E-state index is 12.9. The third-order valence-corrected chi connectivity index (χ3v) is 4.81. The quantitative estimate of drug-likeness (QED) is 0.780. The fourth-order valence-electron chi connectivity index (χ4n) is 2.98. The van der Waals surface area contributed by atoms with E-state index in [1.165, 1.54) is 4.68 Å². The number of carbonyl (C=O) groups excluding carboxylic acids is 1.